The molecule has 0 saturated carbocycles. The molecular formula is C18H15ClN2O5. The average molecular weight is 375 g/mol. The number of furan rings is 1. The van der Waals surface area contributed by atoms with Crippen LogP contribution in [0.25, 0.3) is 17.1 Å². The highest BCUT2D eigenvalue weighted by Gasteiger charge is 2.24. The van der Waals surface area contributed by atoms with E-state index >= 15 is 0 Å². The van der Waals surface area contributed by atoms with Crippen molar-refractivity contribution in [2.75, 3.05) is 7.11 Å². The molecule has 0 radical (unpaired) electrons. The van der Waals surface area contributed by atoms with Crippen molar-refractivity contribution in [2.24, 2.45) is 0 Å². The number of methoxy groups -OCH3 is 1. The van der Waals surface area contributed by atoms with Crippen LogP contribution in [-0.2, 0) is 14.3 Å². The van der Waals surface area contributed by atoms with Crippen LogP contribution in [0, 0.1) is 0 Å². The number of ether oxygens (including phenoxy) is 2. The Kier molecular flexibility index (Phi) is 5.09. The largest absolute Gasteiger partial charge is 0.466 e. The molecule has 0 spiro atoms. The highest BCUT2D eigenvalue weighted by Crippen LogP contribution is 2.26. The maximum Gasteiger partial charge on any atom is 0.359 e. The summed E-state index contributed by atoms with van der Waals surface area (Å²) in [4.78, 5) is 23.8. The number of esters is 2. The van der Waals surface area contributed by atoms with Gasteiger partial charge in [0, 0.05) is 11.1 Å². The van der Waals surface area contributed by atoms with E-state index in [-0.39, 0.29) is 5.69 Å². The van der Waals surface area contributed by atoms with Crippen molar-refractivity contribution in [3.05, 3.63) is 59.4 Å². The summed E-state index contributed by atoms with van der Waals surface area (Å²) in [5.41, 5.74) is 1.20. The van der Waals surface area contributed by atoms with Crippen molar-refractivity contribution >= 4 is 23.5 Å². The number of rotatable bonds is 5. The minimum absolute atomic E-state index is 0.0205. The Morgan fingerprint density at radius 3 is 2.69 bits per heavy atom. The average Bonchev–Trinajstić information content (AvgIpc) is 3.30. The van der Waals surface area contributed by atoms with Crippen LogP contribution in [0.2, 0.25) is 5.02 Å². The summed E-state index contributed by atoms with van der Waals surface area (Å²) in [5, 5.41) is 4.81. The highest BCUT2D eigenvalue weighted by atomic mass is 35.5. The number of nitrogens with zero attached hydrogens (tertiary/aromatic N) is 2. The lowest BCUT2D eigenvalue weighted by Crippen LogP contribution is -2.25. The van der Waals surface area contributed by atoms with Gasteiger partial charge in [0.1, 0.15) is 5.69 Å². The number of hydrogen-bond donors (Lipinski definition) is 0. The monoisotopic (exact) mass is 374 g/mol. The van der Waals surface area contributed by atoms with Gasteiger partial charge in [-0.1, -0.05) is 17.7 Å². The van der Waals surface area contributed by atoms with Crippen LogP contribution in [0.4, 0.5) is 0 Å². The maximum atomic E-state index is 12.3. The van der Waals surface area contributed by atoms with Crippen molar-refractivity contribution in [1.82, 2.24) is 9.78 Å². The molecular weight excluding hydrogens is 360 g/mol. The fraction of sp³-hybridized carbons (Fsp3) is 0.167. The first-order valence-electron chi connectivity index (χ1n) is 7.68. The molecule has 0 unspecified atom stereocenters. The number of hydrogen-bond acceptors (Lipinski definition) is 6. The first-order valence-corrected chi connectivity index (χ1v) is 8.06. The van der Waals surface area contributed by atoms with Gasteiger partial charge in [-0.15, -0.1) is 0 Å². The van der Waals surface area contributed by atoms with Crippen molar-refractivity contribution in [2.45, 2.75) is 13.0 Å². The molecule has 8 heteroatoms. The minimum atomic E-state index is -1.05. The second kappa shape index (κ2) is 7.45. The summed E-state index contributed by atoms with van der Waals surface area (Å²) in [6.07, 6.45) is 0.470. The van der Waals surface area contributed by atoms with Gasteiger partial charge in [0.2, 0.25) is 0 Å². The van der Waals surface area contributed by atoms with Crippen molar-refractivity contribution in [3.8, 4) is 17.1 Å². The Balaban J connectivity index is 1.99. The molecule has 0 aliphatic rings. The van der Waals surface area contributed by atoms with E-state index in [1.807, 2.05) is 0 Å². The molecule has 0 bridgehead atoms. The van der Waals surface area contributed by atoms with Crippen LogP contribution in [0.1, 0.15) is 17.4 Å². The van der Waals surface area contributed by atoms with Crippen LogP contribution >= 0.6 is 11.6 Å². The number of carbonyl (C=O) groups excluding carboxylic acids is 2. The van der Waals surface area contributed by atoms with Crippen LogP contribution in [0.5, 0.6) is 0 Å². The van der Waals surface area contributed by atoms with Crippen molar-refractivity contribution in [1.29, 1.82) is 0 Å². The molecule has 0 aliphatic carbocycles. The first-order chi connectivity index (χ1) is 12.5. The molecule has 0 amide bonds. The SMILES string of the molecule is COC(=O)[C@@H](C)OC(=O)c1cc(-c2ccco2)n(-c2cccc(Cl)c2)n1. The van der Waals surface area contributed by atoms with Gasteiger partial charge < -0.3 is 13.9 Å². The maximum absolute atomic E-state index is 12.3. The Labute approximate surface area is 154 Å². The number of aromatic nitrogens is 2. The third-order valence-corrected chi connectivity index (χ3v) is 3.80. The second-order valence-corrected chi connectivity index (χ2v) is 5.79. The summed E-state index contributed by atoms with van der Waals surface area (Å²) >= 11 is 6.05. The van der Waals surface area contributed by atoms with Crippen LogP contribution in [-0.4, -0.2) is 34.9 Å². The molecule has 0 aliphatic heterocycles. The molecule has 3 rings (SSSR count). The van der Waals surface area contributed by atoms with Crippen LogP contribution < -0.4 is 0 Å². The van der Waals surface area contributed by atoms with E-state index in [1.165, 1.54) is 31.0 Å². The number of carbonyl (C=O) groups is 2. The Hall–Kier alpha value is -3.06. The summed E-state index contributed by atoms with van der Waals surface area (Å²) < 4.78 is 16.6. The highest BCUT2D eigenvalue weighted by molar-refractivity contribution is 6.30. The normalized spacial score (nSPS) is 11.8. The molecule has 0 N–H and O–H groups in total. The smallest absolute Gasteiger partial charge is 0.359 e. The fourth-order valence-electron chi connectivity index (χ4n) is 2.32. The van der Waals surface area contributed by atoms with E-state index < -0.39 is 18.0 Å². The van der Waals surface area contributed by atoms with Crippen LogP contribution in [0.15, 0.2) is 53.1 Å². The van der Waals surface area contributed by atoms with Crippen LogP contribution in [0.3, 0.4) is 0 Å². The summed E-state index contributed by atoms with van der Waals surface area (Å²) in [7, 11) is 1.22. The van der Waals surface area contributed by atoms with Gasteiger partial charge in [0.25, 0.3) is 0 Å². The van der Waals surface area contributed by atoms with E-state index in [2.05, 4.69) is 9.84 Å². The summed E-state index contributed by atoms with van der Waals surface area (Å²) in [6, 6.07) is 12.0. The topological polar surface area (TPSA) is 83.6 Å². The predicted octanol–water partition coefficient (Wildman–Crippen LogP) is 3.50. The van der Waals surface area contributed by atoms with E-state index in [0.717, 1.165) is 0 Å². The minimum Gasteiger partial charge on any atom is -0.466 e. The standard InChI is InChI=1S/C18H15ClN2O5/c1-11(17(22)24-2)26-18(23)14-10-15(16-7-4-8-25-16)21(20-14)13-6-3-5-12(19)9-13/h3-11H,1-2H3/t11-/m1/s1. The molecule has 26 heavy (non-hydrogen) atoms. The third-order valence-electron chi connectivity index (χ3n) is 3.56. The zero-order chi connectivity index (χ0) is 18.7. The lowest BCUT2D eigenvalue weighted by Gasteiger charge is -2.09. The van der Waals surface area contributed by atoms with Gasteiger partial charge in [-0.3, -0.25) is 0 Å². The third kappa shape index (κ3) is 3.62. The molecule has 7 nitrogen and oxygen atoms in total. The van der Waals surface area contributed by atoms with Gasteiger partial charge in [-0.2, -0.15) is 5.10 Å². The molecule has 0 fully saturated rings. The Bertz CT molecular complexity index is 933. The van der Waals surface area contributed by atoms with E-state index in [0.29, 0.717) is 22.2 Å². The first kappa shape index (κ1) is 17.8. The van der Waals surface area contributed by atoms with E-state index in [9.17, 15) is 9.59 Å². The quantitative estimate of drug-likeness (QED) is 0.635. The van der Waals surface area contributed by atoms with Gasteiger partial charge in [0.15, 0.2) is 17.6 Å². The second-order valence-electron chi connectivity index (χ2n) is 5.35. The fourth-order valence-corrected chi connectivity index (χ4v) is 2.50. The number of benzene rings is 1. The van der Waals surface area contributed by atoms with E-state index in [4.69, 9.17) is 20.8 Å². The van der Waals surface area contributed by atoms with Gasteiger partial charge in [0.05, 0.1) is 19.1 Å². The molecule has 1 aromatic carbocycles. The number of halogens is 1. The predicted molar refractivity (Wildman–Crippen MR) is 93.2 cm³/mol. The van der Waals surface area contributed by atoms with Gasteiger partial charge in [-0.05, 0) is 37.3 Å². The summed E-state index contributed by atoms with van der Waals surface area (Å²) in [5.74, 6) is -0.895. The molecule has 134 valence electrons. The molecule has 0 saturated heterocycles. The Morgan fingerprint density at radius 2 is 2.04 bits per heavy atom. The molecule has 2 aromatic heterocycles. The van der Waals surface area contributed by atoms with Crippen molar-refractivity contribution in [3.63, 3.8) is 0 Å². The summed E-state index contributed by atoms with van der Waals surface area (Å²) in [6.45, 7) is 1.42. The van der Waals surface area contributed by atoms with Gasteiger partial charge in [-0.25, -0.2) is 14.3 Å². The molecule has 1 atom stereocenters. The zero-order valence-electron chi connectivity index (χ0n) is 14.0. The lowest BCUT2D eigenvalue weighted by atomic mass is 10.2. The molecule has 2 heterocycles. The Morgan fingerprint density at radius 1 is 1.23 bits per heavy atom. The zero-order valence-corrected chi connectivity index (χ0v) is 14.8. The lowest BCUT2D eigenvalue weighted by molar-refractivity contribution is -0.149. The van der Waals surface area contributed by atoms with Crippen molar-refractivity contribution < 1.29 is 23.5 Å². The van der Waals surface area contributed by atoms with E-state index in [1.54, 1.807) is 36.4 Å². The molecule has 3 aromatic rings. The van der Waals surface area contributed by atoms with Gasteiger partial charge >= 0.3 is 11.9 Å².